The highest BCUT2D eigenvalue weighted by Gasteiger charge is 2.07. The number of hydrogen-bond acceptors (Lipinski definition) is 6. The van der Waals surface area contributed by atoms with E-state index in [2.05, 4.69) is 21.9 Å². The third-order valence-electron chi connectivity index (χ3n) is 2.32. The van der Waals surface area contributed by atoms with Crippen LogP contribution in [0.15, 0.2) is 23.4 Å². The number of ether oxygens (including phenoxy) is 1. The standard InChI is InChI=1S/C13H14Cl2N4OS/c1-2-3-21-13-18-11(17-12(16)19-13)7-20-10-5-8(14)4-9(15)6-10/h4-6H,2-3,7H2,1H3,(H2,16,17,18,19). The van der Waals surface area contributed by atoms with Crippen LogP contribution >= 0.6 is 35.0 Å². The second-order valence-corrected chi connectivity index (χ2v) is 6.07. The molecule has 5 nitrogen and oxygen atoms in total. The van der Waals surface area contributed by atoms with Crippen molar-refractivity contribution in [3.63, 3.8) is 0 Å². The molecule has 0 aliphatic carbocycles. The average molecular weight is 345 g/mol. The Bertz CT molecular complexity index is 607. The predicted octanol–water partition coefficient (Wildman–Crippen LogP) is 3.84. The maximum atomic E-state index is 5.91. The summed E-state index contributed by atoms with van der Waals surface area (Å²) in [5.41, 5.74) is 5.68. The molecule has 0 atom stereocenters. The van der Waals surface area contributed by atoms with Crippen LogP contribution < -0.4 is 10.5 Å². The van der Waals surface area contributed by atoms with Crippen LogP contribution in [0.1, 0.15) is 19.2 Å². The van der Waals surface area contributed by atoms with E-state index < -0.39 is 0 Å². The number of nitrogen functional groups attached to an aromatic ring is 1. The van der Waals surface area contributed by atoms with E-state index in [0.29, 0.717) is 26.8 Å². The fourth-order valence-corrected chi connectivity index (χ4v) is 2.72. The summed E-state index contributed by atoms with van der Waals surface area (Å²) in [6.45, 7) is 2.26. The number of nitrogens with zero attached hydrogens (tertiary/aromatic N) is 3. The summed E-state index contributed by atoms with van der Waals surface area (Å²) >= 11 is 13.4. The van der Waals surface area contributed by atoms with Gasteiger partial charge in [-0.1, -0.05) is 41.9 Å². The van der Waals surface area contributed by atoms with Crippen LogP contribution in [0.5, 0.6) is 5.75 Å². The van der Waals surface area contributed by atoms with Gasteiger partial charge in [-0.05, 0) is 24.6 Å². The van der Waals surface area contributed by atoms with E-state index in [-0.39, 0.29) is 12.6 Å². The highest BCUT2D eigenvalue weighted by molar-refractivity contribution is 7.99. The first-order valence-electron chi connectivity index (χ1n) is 6.29. The minimum Gasteiger partial charge on any atom is -0.486 e. The molecule has 2 N–H and O–H groups in total. The average Bonchev–Trinajstić information content (AvgIpc) is 2.41. The molecular weight excluding hydrogens is 331 g/mol. The molecular formula is C13H14Cl2N4OS. The molecule has 0 aliphatic rings. The Morgan fingerprint density at radius 3 is 2.52 bits per heavy atom. The van der Waals surface area contributed by atoms with Crippen molar-refractivity contribution in [3.8, 4) is 5.75 Å². The van der Waals surface area contributed by atoms with Gasteiger partial charge < -0.3 is 10.5 Å². The number of nitrogens with two attached hydrogens (primary N) is 1. The number of aromatic nitrogens is 3. The molecule has 2 rings (SSSR count). The van der Waals surface area contributed by atoms with E-state index >= 15 is 0 Å². The number of anilines is 1. The van der Waals surface area contributed by atoms with Crippen LogP contribution in [0, 0.1) is 0 Å². The Morgan fingerprint density at radius 1 is 1.14 bits per heavy atom. The van der Waals surface area contributed by atoms with E-state index in [9.17, 15) is 0 Å². The summed E-state index contributed by atoms with van der Waals surface area (Å²) in [4.78, 5) is 12.4. The van der Waals surface area contributed by atoms with Gasteiger partial charge in [0.25, 0.3) is 0 Å². The molecule has 1 aromatic carbocycles. The maximum absolute atomic E-state index is 5.91. The Morgan fingerprint density at radius 2 is 1.86 bits per heavy atom. The molecule has 112 valence electrons. The van der Waals surface area contributed by atoms with E-state index in [1.54, 1.807) is 18.2 Å². The summed E-state index contributed by atoms with van der Waals surface area (Å²) in [5, 5.41) is 1.62. The van der Waals surface area contributed by atoms with Crippen LogP contribution in [0.4, 0.5) is 5.95 Å². The summed E-state index contributed by atoms with van der Waals surface area (Å²) in [7, 11) is 0. The summed E-state index contributed by atoms with van der Waals surface area (Å²) in [5.74, 6) is 2.13. The quantitative estimate of drug-likeness (QED) is 0.802. The number of thioether (sulfide) groups is 1. The third-order valence-corrected chi connectivity index (χ3v) is 3.81. The van der Waals surface area contributed by atoms with Crippen LogP contribution in [0.25, 0.3) is 0 Å². The minimum atomic E-state index is 0.170. The first kappa shape index (κ1) is 16.1. The molecule has 0 saturated carbocycles. The normalized spacial score (nSPS) is 10.6. The zero-order valence-corrected chi connectivity index (χ0v) is 13.7. The summed E-state index contributed by atoms with van der Waals surface area (Å²) in [6, 6.07) is 4.98. The lowest BCUT2D eigenvalue weighted by atomic mass is 10.3. The van der Waals surface area contributed by atoms with E-state index in [1.165, 1.54) is 11.8 Å². The van der Waals surface area contributed by atoms with Gasteiger partial charge in [-0.25, -0.2) is 4.98 Å². The SMILES string of the molecule is CCCSc1nc(N)nc(COc2cc(Cl)cc(Cl)c2)n1. The lowest BCUT2D eigenvalue weighted by molar-refractivity contribution is 0.294. The van der Waals surface area contributed by atoms with Gasteiger partial charge in [0.05, 0.1) is 0 Å². The molecule has 1 heterocycles. The second-order valence-electron chi connectivity index (χ2n) is 4.13. The zero-order chi connectivity index (χ0) is 15.2. The van der Waals surface area contributed by atoms with E-state index in [0.717, 1.165) is 12.2 Å². The fraction of sp³-hybridized carbons (Fsp3) is 0.308. The van der Waals surface area contributed by atoms with Gasteiger partial charge in [-0.2, -0.15) is 9.97 Å². The van der Waals surface area contributed by atoms with Crippen molar-refractivity contribution in [1.29, 1.82) is 0 Å². The molecule has 0 saturated heterocycles. The van der Waals surface area contributed by atoms with Crippen LogP contribution in [0.3, 0.4) is 0 Å². The van der Waals surface area contributed by atoms with E-state index in [4.69, 9.17) is 33.7 Å². The smallest absolute Gasteiger partial charge is 0.224 e. The van der Waals surface area contributed by atoms with Crippen molar-refractivity contribution in [2.24, 2.45) is 0 Å². The molecule has 0 radical (unpaired) electrons. The Kier molecular flexibility index (Phi) is 5.90. The van der Waals surface area contributed by atoms with Crippen molar-refractivity contribution in [3.05, 3.63) is 34.1 Å². The van der Waals surface area contributed by atoms with Gasteiger partial charge in [0.1, 0.15) is 12.4 Å². The maximum Gasteiger partial charge on any atom is 0.224 e. The van der Waals surface area contributed by atoms with Crippen molar-refractivity contribution in [1.82, 2.24) is 15.0 Å². The third kappa shape index (κ3) is 5.22. The van der Waals surface area contributed by atoms with Crippen molar-refractivity contribution in [2.45, 2.75) is 25.1 Å². The molecule has 8 heteroatoms. The van der Waals surface area contributed by atoms with Crippen LogP contribution in [-0.2, 0) is 6.61 Å². The molecule has 0 unspecified atom stereocenters. The van der Waals surface area contributed by atoms with Crippen LogP contribution in [0.2, 0.25) is 10.0 Å². The minimum absolute atomic E-state index is 0.170. The zero-order valence-electron chi connectivity index (χ0n) is 11.3. The van der Waals surface area contributed by atoms with Crippen LogP contribution in [-0.4, -0.2) is 20.7 Å². The van der Waals surface area contributed by atoms with Gasteiger partial charge in [0.15, 0.2) is 11.0 Å². The Labute approximate surface area is 137 Å². The summed E-state index contributed by atoms with van der Waals surface area (Å²) < 4.78 is 5.58. The predicted molar refractivity (Wildman–Crippen MR) is 86.0 cm³/mol. The Balaban J connectivity index is 2.06. The number of hydrogen-bond donors (Lipinski definition) is 1. The van der Waals surface area contributed by atoms with Crippen molar-refractivity contribution < 1.29 is 4.74 Å². The first-order valence-corrected chi connectivity index (χ1v) is 8.03. The van der Waals surface area contributed by atoms with Gasteiger partial charge in [-0.15, -0.1) is 0 Å². The molecule has 0 aliphatic heterocycles. The van der Waals surface area contributed by atoms with Gasteiger partial charge in [0.2, 0.25) is 5.95 Å². The fourth-order valence-electron chi connectivity index (χ4n) is 1.50. The van der Waals surface area contributed by atoms with Gasteiger partial charge in [0, 0.05) is 15.8 Å². The van der Waals surface area contributed by atoms with Gasteiger partial charge in [-0.3, -0.25) is 0 Å². The molecule has 21 heavy (non-hydrogen) atoms. The van der Waals surface area contributed by atoms with Gasteiger partial charge >= 0.3 is 0 Å². The van der Waals surface area contributed by atoms with Crippen molar-refractivity contribution in [2.75, 3.05) is 11.5 Å². The number of benzene rings is 1. The lowest BCUT2D eigenvalue weighted by Crippen LogP contribution is -2.07. The van der Waals surface area contributed by atoms with Crippen molar-refractivity contribution >= 4 is 40.9 Å². The highest BCUT2D eigenvalue weighted by Crippen LogP contribution is 2.24. The molecule has 0 amide bonds. The van der Waals surface area contributed by atoms with E-state index in [1.807, 2.05) is 0 Å². The number of rotatable bonds is 6. The number of halogens is 2. The topological polar surface area (TPSA) is 73.9 Å². The molecule has 0 fully saturated rings. The largest absolute Gasteiger partial charge is 0.486 e. The monoisotopic (exact) mass is 344 g/mol. The Hall–Kier alpha value is -1.24. The highest BCUT2D eigenvalue weighted by atomic mass is 35.5. The first-order chi connectivity index (χ1) is 10.1. The molecule has 0 spiro atoms. The lowest BCUT2D eigenvalue weighted by Gasteiger charge is -2.07. The second kappa shape index (κ2) is 7.68. The molecule has 0 bridgehead atoms. The summed E-state index contributed by atoms with van der Waals surface area (Å²) in [6.07, 6.45) is 1.03. The molecule has 1 aromatic heterocycles. The molecule has 2 aromatic rings.